The number of aliphatic carboxylic acids is 1. The van der Waals surface area contributed by atoms with E-state index in [1.54, 1.807) is 12.1 Å². The summed E-state index contributed by atoms with van der Waals surface area (Å²) in [6, 6.07) is -1.69. The first-order valence-corrected chi connectivity index (χ1v) is 9.52. The van der Waals surface area contributed by atoms with Crippen LogP contribution in [0, 0.1) is 11.8 Å². The number of hydrogen-bond donors (Lipinski definition) is 2. The molecule has 1 unspecified atom stereocenters. The molecule has 2 heterocycles. The van der Waals surface area contributed by atoms with Crippen LogP contribution in [0.25, 0.3) is 0 Å². The molecular weight excluding hydrogens is 391 g/mol. The van der Waals surface area contributed by atoms with Crippen molar-refractivity contribution in [1.29, 1.82) is 0 Å². The number of carboxylic acid groups (broad SMARTS) is 1. The van der Waals surface area contributed by atoms with Crippen molar-refractivity contribution in [3.8, 4) is 0 Å². The van der Waals surface area contributed by atoms with E-state index in [0.717, 1.165) is 6.42 Å². The lowest BCUT2D eigenvalue weighted by molar-refractivity contribution is -0.172. The van der Waals surface area contributed by atoms with Crippen LogP contribution in [-0.4, -0.2) is 51.2 Å². The normalized spacial score (nSPS) is 24.0. The smallest absolute Gasteiger partial charge is 0.408 e. The summed E-state index contributed by atoms with van der Waals surface area (Å²) in [5.74, 6) is -4.02. The Kier molecular flexibility index (Phi) is 6.09. The molecule has 158 valence electrons. The molecule has 1 aliphatic carbocycles. The van der Waals surface area contributed by atoms with E-state index in [9.17, 15) is 32.7 Å². The molecule has 0 bridgehead atoms. The Hall–Kier alpha value is -2.65. The van der Waals surface area contributed by atoms with Gasteiger partial charge in [-0.15, -0.1) is 0 Å². The fourth-order valence-electron chi connectivity index (χ4n) is 4.17. The third-order valence-corrected chi connectivity index (χ3v) is 5.64. The highest BCUT2D eigenvalue weighted by Gasteiger charge is 2.56. The summed E-state index contributed by atoms with van der Waals surface area (Å²) in [4.78, 5) is 40.8. The van der Waals surface area contributed by atoms with Crippen LogP contribution in [0.3, 0.4) is 0 Å². The number of hydrogen-bond acceptors (Lipinski definition) is 4. The maximum Gasteiger partial charge on any atom is 0.408 e. The van der Waals surface area contributed by atoms with E-state index < -0.39 is 48.0 Å². The Morgan fingerprint density at radius 2 is 1.83 bits per heavy atom. The van der Waals surface area contributed by atoms with Crippen LogP contribution in [0.5, 0.6) is 0 Å². The van der Waals surface area contributed by atoms with Gasteiger partial charge in [-0.25, -0.2) is 14.5 Å². The minimum Gasteiger partial charge on any atom is -0.480 e. The highest BCUT2D eigenvalue weighted by Crippen LogP contribution is 2.36. The molecule has 0 spiro atoms. The summed E-state index contributed by atoms with van der Waals surface area (Å²) < 4.78 is 40.6. The van der Waals surface area contributed by atoms with Crippen LogP contribution in [0.2, 0.25) is 0 Å². The number of imide groups is 1. The number of β-lactam (4-membered cyclic amide) rings is 1. The molecule has 3 amide bonds. The minimum absolute atomic E-state index is 0.0629. The molecule has 0 radical (unpaired) electrons. The average Bonchev–Trinajstić information content (AvgIpc) is 2.68. The number of pyridine rings is 1. The van der Waals surface area contributed by atoms with Crippen molar-refractivity contribution < 1.29 is 32.7 Å². The first kappa shape index (κ1) is 21.1. The Bertz CT molecular complexity index is 766. The molecular formula is C19H22F3N3O4. The van der Waals surface area contributed by atoms with Crippen LogP contribution < -0.4 is 5.32 Å². The number of carboxylic acids is 1. The maximum atomic E-state index is 13.5. The fraction of sp³-hybridized carbons (Fsp3) is 0.579. The zero-order valence-electron chi connectivity index (χ0n) is 15.6. The summed E-state index contributed by atoms with van der Waals surface area (Å²) in [6.07, 6.45) is 1.12. The first-order chi connectivity index (χ1) is 13.7. The highest BCUT2D eigenvalue weighted by atomic mass is 19.4. The van der Waals surface area contributed by atoms with Crippen LogP contribution in [0.15, 0.2) is 24.5 Å². The van der Waals surface area contributed by atoms with Crippen LogP contribution in [0.4, 0.5) is 18.0 Å². The molecule has 1 saturated carbocycles. The standard InChI is InChI=1S/C19H22F3N3O4/c20-19(21,22)15(12-4-2-1-3-5-12)24-18(29)25-14(17(27)28)13(16(25)26)10-11-6-8-23-9-7-11/h6-9,12-15H,1-5,10H2,(H,24,29)(H,27,28)/t13-,14+,15?/m1/s1. The Balaban J connectivity index is 1.73. The maximum absolute atomic E-state index is 13.5. The number of nitrogens with one attached hydrogen (secondary N) is 1. The van der Waals surface area contributed by atoms with E-state index in [2.05, 4.69) is 4.98 Å². The molecule has 7 nitrogen and oxygen atoms in total. The molecule has 3 rings (SSSR count). The van der Waals surface area contributed by atoms with Gasteiger partial charge in [-0.1, -0.05) is 19.3 Å². The summed E-state index contributed by atoms with van der Waals surface area (Å²) >= 11 is 0. The predicted octanol–water partition coefficient (Wildman–Crippen LogP) is 2.76. The number of nitrogens with zero attached hydrogens (tertiary/aromatic N) is 2. The van der Waals surface area contributed by atoms with Gasteiger partial charge in [0.1, 0.15) is 6.04 Å². The number of aromatic nitrogens is 1. The van der Waals surface area contributed by atoms with Crippen LogP contribution >= 0.6 is 0 Å². The van der Waals surface area contributed by atoms with Gasteiger partial charge >= 0.3 is 18.2 Å². The molecule has 1 aromatic rings. The second-order valence-electron chi connectivity index (χ2n) is 7.52. The van der Waals surface area contributed by atoms with E-state index in [-0.39, 0.29) is 6.42 Å². The average molecular weight is 413 g/mol. The second-order valence-corrected chi connectivity index (χ2v) is 7.52. The molecule has 0 aromatic carbocycles. The van der Waals surface area contributed by atoms with E-state index in [1.165, 1.54) is 12.4 Å². The SMILES string of the molecule is O=C(O)[C@@H]1[C@@H](Cc2ccncc2)C(=O)N1C(=O)NC(C1CCCCC1)C(F)(F)F. The molecule has 1 aliphatic heterocycles. The van der Waals surface area contributed by atoms with Crippen LogP contribution in [0.1, 0.15) is 37.7 Å². The van der Waals surface area contributed by atoms with Gasteiger partial charge in [0, 0.05) is 12.4 Å². The van der Waals surface area contributed by atoms with Crippen molar-refractivity contribution in [2.45, 2.75) is 56.8 Å². The number of carbonyl (C=O) groups excluding carboxylic acids is 2. The van der Waals surface area contributed by atoms with Crippen LogP contribution in [-0.2, 0) is 16.0 Å². The summed E-state index contributed by atoms with van der Waals surface area (Å²) in [6.45, 7) is 0. The summed E-state index contributed by atoms with van der Waals surface area (Å²) in [5.41, 5.74) is 0.653. The number of rotatable bonds is 5. The zero-order chi connectivity index (χ0) is 21.2. The zero-order valence-corrected chi connectivity index (χ0v) is 15.6. The molecule has 1 saturated heterocycles. The number of alkyl halides is 3. The highest BCUT2D eigenvalue weighted by molar-refractivity contribution is 6.07. The third kappa shape index (κ3) is 4.51. The van der Waals surface area contributed by atoms with Gasteiger partial charge in [-0.05, 0) is 42.9 Å². The third-order valence-electron chi connectivity index (χ3n) is 5.64. The molecule has 1 aromatic heterocycles. The molecule has 2 aliphatic rings. The summed E-state index contributed by atoms with van der Waals surface area (Å²) in [5, 5.41) is 11.3. The number of likely N-dealkylation sites (tertiary alicyclic amines) is 1. The second kappa shape index (κ2) is 8.38. The monoisotopic (exact) mass is 413 g/mol. The molecule has 10 heteroatoms. The number of urea groups is 1. The summed E-state index contributed by atoms with van der Waals surface area (Å²) in [7, 11) is 0. The van der Waals surface area contributed by atoms with Gasteiger partial charge in [-0.2, -0.15) is 13.2 Å². The largest absolute Gasteiger partial charge is 0.480 e. The number of halogens is 3. The van der Waals surface area contributed by atoms with Crippen molar-refractivity contribution in [3.63, 3.8) is 0 Å². The van der Waals surface area contributed by atoms with E-state index in [0.29, 0.717) is 36.1 Å². The van der Waals surface area contributed by atoms with Gasteiger partial charge in [0.15, 0.2) is 6.04 Å². The number of carbonyl (C=O) groups is 3. The van der Waals surface area contributed by atoms with Crippen molar-refractivity contribution >= 4 is 17.9 Å². The quantitative estimate of drug-likeness (QED) is 0.723. The van der Waals surface area contributed by atoms with Gasteiger partial charge in [0.25, 0.3) is 0 Å². The lowest BCUT2D eigenvalue weighted by atomic mass is 9.82. The lowest BCUT2D eigenvalue weighted by Gasteiger charge is -2.44. The van der Waals surface area contributed by atoms with Gasteiger partial charge in [0.05, 0.1) is 5.92 Å². The van der Waals surface area contributed by atoms with Gasteiger partial charge in [-0.3, -0.25) is 9.78 Å². The van der Waals surface area contributed by atoms with Crippen molar-refractivity contribution in [1.82, 2.24) is 15.2 Å². The molecule has 3 atom stereocenters. The number of amides is 3. The Labute approximate surface area is 165 Å². The topological polar surface area (TPSA) is 99.6 Å². The first-order valence-electron chi connectivity index (χ1n) is 9.52. The molecule has 2 N–H and O–H groups in total. The van der Waals surface area contributed by atoms with E-state index in [1.807, 2.05) is 5.32 Å². The van der Waals surface area contributed by atoms with Gasteiger partial charge < -0.3 is 10.4 Å². The molecule has 29 heavy (non-hydrogen) atoms. The minimum atomic E-state index is -4.68. The van der Waals surface area contributed by atoms with Gasteiger partial charge in [0.2, 0.25) is 5.91 Å². The van der Waals surface area contributed by atoms with E-state index in [4.69, 9.17) is 0 Å². The van der Waals surface area contributed by atoms with Crippen molar-refractivity contribution in [2.24, 2.45) is 11.8 Å². The predicted molar refractivity (Wildman–Crippen MR) is 94.7 cm³/mol. The Morgan fingerprint density at radius 3 is 2.38 bits per heavy atom. The lowest BCUT2D eigenvalue weighted by Crippen LogP contribution is -2.70. The van der Waals surface area contributed by atoms with Crippen molar-refractivity contribution in [2.75, 3.05) is 0 Å². The Morgan fingerprint density at radius 1 is 1.21 bits per heavy atom. The molecule has 2 fully saturated rings. The van der Waals surface area contributed by atoms with Crippen molar-refractivity contribution in [3.05, 3.63) is 30.1 Å². The van der Waals surface area contributed by atoms with E-state index >= 15 is 0 Å². The fourth-order valence-corrected chi connectivity index (χ4v) is 4.17.